The SMILES string of the molecule is Cc1cc(C(=O)[O-])n(CC2CC2C)c1C. The fourth-order valence-electron chi connectivity index (χ4n) is 2.07. The van der Waals surface area contributed by atoms with Crippen molar-refractivity contribution in [2.45, 2.75) is 33.7 Å². The van der Waals surface area contributed by atoms with Gasteiger partial charge in [-0.15, -0.1) is 0 Å². The van der Waals surface area contributed by atoms with E-state index in [-0.39, 0.29) is 0 Å². The average Bonchev–Trinajstić information content (AvgIpc) is 2.77. The zero-order valence-electron chi connectivity index (χ0n) is 9.41. The maximum Gasteiger partial charge on any atom is 0.0880 e. The van der Waals surface area contributed by atoms with E-state index in [0.29, 0.717) is 11.6 Å². The van der Waals surface area contributed by atoms with Gasteiger partial charge in [-0.1, -0.05) is 6.92 Å². The van der Waals surface area contributed by atoms with E-state index in [1.807, 2.05) is 18.4 Å². The summed E-state index contributed by atoms with van der Waals surface area (Å²) in [7, 11) is 0. The maximum atomic E-state index is 10.9. The van der Waals surface area contributed by atoms with E-state index < -0.39 is 5.97 Å². The molecule has 1 fully saturated rings. The van der Waals surface area contributed by atoms with E-state index in [1.165, 1.54) is 6.42 Å². The van der Waals surface area contributed by atoms with Gasteiger partial charge < -0.3 is 14.5 Å². The summed E-state index contributed by atoms with van der Waals surface area (Å²) in [6, 6.07) is 1.71. The molecule has 1 aliphatic carbocycles. The number of aryl methyl sites for hydroxylation is 1. The number of aromatic carboxylic acids is 1. The third-order valence-electron chi connectivity index (χ3n) is 3.52. The molecule has 1 aromatic heterocycles. The minimum Gasteiger partial charge on any atom is -0.543 e. The lowest BCUT2D eigenvalue weighted by atomic mass is 10.3. The Kier molecular flexibility index (Phi) is 2.33. The van der Waals surface area contributed by atoms with Crippen LogP contribution in [0, 0.1) is 25.7 Å². The Morgan fingerprint density at radius 2 is 2.20 bits per heavy atom. The van der Waals surface area contributed by atoms with Crippen molar-refractivity contribution in [1.29, 1.82) is 0 Å². The van der Waals surface area contributed by atoms with Crippen LogP contribution in [0.3, 0.4) is 0 Å². The van der Waals surface area contributed by atoms with Crippen molar-refractivity contribution in [3.05, 3.63) is 23.0 Å². The highest BCUT2D eigenvalue weighted by atomic mass is 16.4. The molecule has 3 heteroatoms. The molecule has 15 heavy (non-hydrogen) atoms. The van der Waals surface area contributed by atoms with Crippen molar-refractivity contribution in [2.75, 3.05) is 0 Å². The Morgan fingerprint density at radius 1 is 1.60 bits per heavy atom. The van der Waals surface area contributed by atoms with Crippen LogP contribution in [0.25, 0.3) is 0 Å². The Bertz CT molecular complexity index is 406. The van der Waals surface area contributed by atoms with E-state index in [2.05, 4.69) is 6.92 Å². The molecule has 2 atom stereocenters. The van der Waals surface area contributed by atoms with Crippen LogP contribution in [0.1, 0.15) is 35.1 Å². The minimum absolute atomic E-state index is 0.323. The summed E-state index contributed by atoms with van der Waals surface area (Å²) in [6.07, 6.45) is 1.21. The Balaban J connectivity index is 2.30. The van der Waals surface area contributed by atoms with Crippen molar-refractivity contribution >= 4 is 5.97 Å². The lowest BCUT2D eigenvalue weighted by molar-refractivity contribution is -0.255. The first-order valence-corrected chi connectivity index (χ1v) is 5.38. The van der Waals surface area contributed by atoms with Crippen molar-refractivity contribution in [1.82, 2.24) is 4.57 Å². The third-order valence-corrected chi connectivity index (χ3v) is 3.52. The average molecular weight is 206 g/mol. The van der Waals surface area contributed by atoms with Gasteiger partial charge in [-0.05, 0) is 43.7 Å². The van der Waals surface area contributed by atoms with Crippen molar-refractivity contribution in [3.8, 4) is 0 Å². The summed E-state index contributed by atoms with van der Waals surface area (Å²) in [4.78, 5) is 10.9. The number of carboxylic acid groups (broad SMARTS) is 1. The summed E-state index contributed by atoms with van der Waals surface area (Å²) in [5.74, 6) is 0.315. The van der Waals surface area contributed by atoms with Crippen LogP contribution >= 0.6 is 0 Å². The molecule has 0 aromatic carbocycles. The highest BCUT2D eigenvalue weighted by Gasteiger charge is 2.33. The minimum atomic E-state index is -1.07. The second kappa shape index (κ2) is 3.40. The normalized spacial score (nSPS) is 24.2. The summed E-state index contributed by atoms with van der Waals surface area (Å²) in [6.45, 7) is 6.93. The van der Waals surface area contributed by atoms with Gasteiger partial charge in [0.2, 0.25) is 0 Å². The molecule has 0 spiro atoms. The number of hydrogen-bond donors (Lipinski definition) is 0. The molecule has 0 bridgehead atoms. The fourth-order valence-corrected chi connectivity index (χ4v) is 2.07. The van der Waals surface area contributed by atoms with Gasteiger partial charge in [-0.2, -0.15) is 0 Å². The van der Waals surface area contributed by atoms with E-state index in [4.69, 9.17) is 0 Å². The molecule has 0 radical (unpaired) electrons. The highest BCUT2D eigenvalue weighted by Crippen LogP contribution is 2.39. The summed E-state index contributed by atoms with van der Waals surface area (Å²) < 4.78 is 1.89. The molecule has 0 saturated heterocycles. The Morgan fingerprint density at radius 3 is 2.67 bits per heavy atom. The largest absolute Gasteiger partial charge is 0.543 e. The first-order valence-electron chi connectivity index (χ1n) is 5.38. The molecule has 1 saturated carbocycles. The summed E-state index contributed by atoms with van der Waals surface area (Å²) in [5, 5.41) is 10.9. The van der Waals surface area contributed by atoms with Crippen LogP contribution in [0.5, 0.6) is 0 Å². The number of rotatable bonds is 3. The van der Waals surface area contributed by atoms with Crippen LogP contribution in [0.4, 0.5) is 0 Å². The maximum absolute atomic E-state index is 10.9. The molecule has 1 aliphatic rings. The molecule has 82 valence electrons. The van der Waals surface area contributed by atoms with Crippen LogP contribution < -0.4 is 5.11 Å². The number of aromatic nitrogens is 1. The molecular weight excluding hydrogens is 190 g/mol. The van der Waals surface area contributed by atoms with Gasteiger partial charge in [0.1, 0.15) is 0 Å². The molecule has 0 aliphatic heterocycles. The topological polar surface area (TPSA) is 45.1 Å². The van der Waals surface area contributed by atoms with Crippen molar-refractivity contribution in [3.63, 3.8) is 0 Å². The lowest BCUT2D eigenvalue weighted by Gasteiger charge is -2.11. The van der Waals surface area contributed by atoms with Gasteiger partial charge in [-0.25, -0.2) is 0 Å². The zero-order chi connectivity index (χ0) is 11.2. The second-order valence-electron chi connectivity index (χ2n) is 4.67. The number of hydrogen-bond acceptors (Lipinski definition) is 2. The number of carboxylic acids is 1. The molecule has 3 nitrogen and oxygen atoms in total. The summed E-state index contributed by atoms with van der Waals surface area (Å²) >= 11 is 0. The Labute approximate surface area is 89.7 Å². The molecule has 0 amide bonds. The molecule has 1 heterocycles. The van der Waals surface area contributed by atoms with E-state index >= 15 is 0 Å². The number of carbonyl (C=O) groups is 1. The molecule has 0 N–H and O–H groups in total. The fraction of sp³-hybridized carbons (Fsp3) is 0.583. The number of nitrogens with zero attached hydrogens (tertiary/aromatic N) is 1. The van der Waals surface area contributed by atoms with E-state index in [1.54, 1.807) is 6.07 Å². The second-order valence-corrected chi connectivity index (χ2v) is 4.67. The van der Waals surface area contributed by atoms with Gasteiger partial charge in [0.05, 0.1) is 11.7 Å². The molecule has 2 rings (SSSR count). The van der Waals surface area contributed by atoms with Gasteiger partial charge in [0, 0.05) is 12.2 Å². The van der Waals surface area contributed by atoms with Gasteiger partial charge in [-0.3, -0.25) is 0 Å². The van der Waals surface area contributed by atoms with E-state index in [0.717, 1.165) is 23.7 Å². The first kappa shape index (κ1) is 10.3. The van der Waals surface area contributed by atoms with Crippen molar-refractivity contribution in [2.24, 2.45) is 11.8 Å². The highest BCUT2D eigenvalue weighted by molar-refractivity contribution is 5.84. The van der Waals surface area contributed by atoms with Gasteiger partial charge >= 0.3 is 0 Å². The summed E-state index contributed by atoms with van der Waals surface area (Å²) in [5.41, 5.74) is 2.40. The third kappa shape index (κ3) is 1.78. The predicted octanol–water partition coefficient (Wildman–Crippen LogP) is 1.12. The van der Waals surface area contributed by atoms with E-state index in [9.17, 15) is 9.90 Å². The monoisotopic (exact) mass is 206 g/mol. The molecule has 2 unspecified atom stereocenters. The van der Waals surface area contributed by atoms with Crippen LogP contribution in [-0.4, -0.2) is 10.5 Å². The Hall–Kier alpha value is -1.25. The van der Waals surface area contributed by atoms with Crippen LogP contribution in [0.2, 0.25) is 0 Å². The van der Waals surface area contributed by atoms with Crippen molar-refractivity contribution < 1.29 is 9.90 Å². The standard InChI is InChI=1S/C12H17NO2/c1-7-5-11(12(14)15)13(9(7)3)6-10-4-8(10)2/h5,8,10H,4,6H2,1-3H3,(H,14,15)/p-1. The molecule has 1 aromatic rings. The van der Waals surface area contributed by atoms with Crippen LogP contribution in [-0.2, 0) is 6.54 Å². The van der Waals surface area contributed by atoms with Gasteiger partial charge in [0.15, 0.2) is 0 Å². The predicted molar refractivity (Wildman–Crippen MR) is 55.5 cm³/mol. The quantitative estimate of drug-likeness (QED) is 0.744. The lowest BCUT2D eigenvalue weighted by Crippen LogP contribution is -2.26. The number of carbonyl (C=O) groups excluding carboxylic acids is 1. The first-order chi connectivity index (χ1) is 7.00. The smallest absolute Gasteiger partial charge is 0.0880 e. The molecular formula is C12H16NO2-. The zero-order valence-corrected chi connectivity index (χ0v) is 9.41. The van der Waals surface area contributed by atoms with Gasteiger partial charge in [0.25, 0.3) is 0 Å². The van der Waals surface area contributed by atoms with Crippen LogP contribution in [0.15, 0.2) is 6.07 Å².